The molecule has 4 nitrogen and oxygen atoms in total. The van der Waals surface area contributed by atoms with Crippen molar-refractivity contribution in [2.75, 3.05) is 6.61 Å². The molecule has 0 amide bonds. The number of ether oxygens (including phenoxy) is 2. The average molecular weight is 373 g/mol. The van der Waals surface area contributed by atoms with Crippen LogP contribution in [0.5, 0.6) is 5.75 Å². The maximum atomic E-state index is 12.5. The smallest absolute Gasteiger partial charge is 0.315 e. The summed E-state index contributed by atoms with van der Waals surface area (Å²) in [6.45, 7) is 2.43. The lowest BCUT2D eigenvalue weighted by Gasteiger charge is -2.28. The van der Waals surface area contributed by atoms with Gasteiger partial charge in [-0.05, 0) is 31.4 Å². The Kier molecular flexibility index (Phi) is 7.38. The van der Waals surface area contributed by atoms with Crippen LogP contribution >= 0.6 is 23.2 Å². The highest BCUT2D eigenvalue weighted by atomic mass is 35.5. The minimum Gasteiger partial charge on any atom is -0.465 e. The first-order chi connectivity index (χ1) is 11.5. The van der Waals surface area contributed by atoms with E-state index in [1.807, 2.05) is 6.92 Å². The molecule has 1 aliphatic rings. The molecule has 0 saturated heterocycles. The molecule has 1 aromatic rings. The van der Waals surface area contributed by atoms with E-state index in [4.69, 9.17) is 32.7 Å². The fourth-order valence-electron chi connectivity index (χ4n) is 2.86. The van der Waals surface area contributed by atoms with E-state index in [1.165, 1.54) is 6.07 Å². The summed E-state index contributed by atoms with van der Waals surface area (Å²) >= 11 is 11.9. The van der Waals surface area contributed by atoms with E-state index in [0.717, 1.165) is 25.7 Å². The topological polar surface area (TPSA) is 52.6 Å². The molecule has 2 unspecified atom stereocenters. The van der Waals surface area contributed by atoms with Gasteiger partial charge in [-0.25, -0.2) is 0 Å². The zero-order valence-corrected chi connectivity index (χ0v) is 15.2. The SMILES string of the molecule is CCCCOC(=O)C1CCCCC1C(=O)Oc1cc(Cl)ccc1Cl. The van der Waals surface area contributed by atoms with Gasteiger partial charge in [0.05, 0.1) is 23.5 Å². The van der Waals surface area contributed by atoms with Gasteiger partial charge < -0.3 is 9.47 Å². The van der Waals surface area contributed by atoms with Gasteiger partial charge in [0.2, 0.25) is 0 Å². The number of unbranched alkanes of at least 4 members (excludes halogenated alkanes) is 1. The first-order valence-corrected chi connectivity index (χ1v) is 9.12. The summed E-state index contributed by atoms with van der Waals surface area (Å²) in [6, 6.07) is 4.69. The van der Waals surface area contributed by atoms with Crippen molar-refractivity contribution in [3.8, 4) is 5.75 Å². The first kappa shape index (κ1) is 19.1. The fraction of sp³-hybridized carbons (Fsp3) is 0.556. The molecule has 1 saturated carbocycles. The second-order valence-electron chi connectivity index (χ2n) is 6.01. The lowest BCUT2D eigenvalue weighted by molar-refractivity contribution is -0.158. The molecule has 6 heteroatoms. The molecule has 0 spiro atoms. The second kappa shape index (κ2) is 9.28. The molecule has 0 heterocycles. The summed E-state index contributed by atoms with van der Waals surface area (Å²) in [6.07, 6.45) is 4.85. The summed E-state index contributed by atoms with van der Waals surface area (Å²) in [4.78, 5) is 24.8. The zero-order chi connectivity index (χ0) is 17.5. The minimum atomic E-state index is -0.497. The van der Waals surface area contributed by atoms with E-state index in [1.54, 1.807) is 12.1 Å². The quantitative estimate of drug-likeness (QED) is 0.398. The van der Waals surface area contributed by atoms with E-state index >= 15 is 0 Å². The van der Waals surface area contributed by atoms with Crippen LogP contribution in [0.25, 0.3) is 0 Å². The molecule has 1 aliphatic carbocycles. The summed E-state index contributed by atoms with van der Waals surface area (Å²) in [5, 5.41) is 0.743. The highest BCUT2D eigenvalue weighted by molar-refractivity contribution is 6.34. The molecule has 0 radical (unpaired) electrons. The van der Waals surface area contributed by atoms with E-state index in [0.29, 0.717) is 29.5 Å². The lowest BCUT2D eigenvalue weighted by atomic mass is 9.79. The molecule has 0 N–H and O–H groups in total. The van der Waals surface area contributed by atoms with Crippen molar-refractivity contribution in [3.63, 3.8) is 0 Å². The molecule has 0 aromatic heterocycles. The summed E-state index contributed by atoms with van der Waals surface area (Å²) in [7, 11) is 0. The minimum absolute atomic E-state index is 0.220. The number of esters is 2. The third-order valence-corrected chi connectivity index (χ3v) is 4.76. The highest BCUT2D eigenvalue weighted by Gasteiger charge is 2.38. The predicted octanol–water partition coefficient (Wildman–Crippen LogP) is 5.05. The summed E-state index contributed by atoms with van der Waals surface area (Å²) < 4.78 is 10.7. The third kappa shape index (κ3) is 5.12. The van der Waals surface area contributed by atoms with Crippen LogP contribution in [0.15, 0.2) is 18.2 Å². The van der Waals surface area contributed by atoms with Gasteiger partial charge >= 0.3 is 11.9 Å². The number of carbonyl (C=O) groups excluding carboxylic acids is 2. The van der Waals surface area contributed by atoms with Crippen molar-refractivity contribution in [1.29, 1.82) is 0 Å². The van der Waals surface area contributed by atoms with Gasteiger partial charge in [-0.3, -0.25) is 9.59 Å². The summed E-state index contributed by atoms with van der Waals surface area (Å²) in [5.41, 5.74) is 0. The standard InChI is InChI=1S/C18H22Cl2O4/c1-2-3-10-23-17(21)13-6-4-5-7-14(13)18(22)24-16-11-12(19)8-9-15(16)20/h8-9,11,13-14H,2-7,10H2,1H3. The van der Waals surface area contributed by atoms with Gasteiger partial charge in [-0.1, -0.05) is 49.4 Å². The number of rotatable bonds is 6. The molecular weight excluding hydrogens is 351 g/mol. The molecule has 1 fully saturated rings. The van der Waals surface area contributed by atoms with Crippen molar-refractivity contribution >= 4 is 35.1 Å². The maximum absolute atomic E-state index is 12.5. The number of hydrogen-bond donors (Lipinski definition) is 0. The third-order valence-electron chi connectivity index (χ3n) is 4.22. The Hall–Kier alpha value is -1.26. The Balaban J connectivity index is 2.04. The summed E-state index contributed by atoms with van der Waals surface area (Å²) in [5.74, 6) is -1.47. The average Bonchev–Trinajstić information content (AvgIpc) is 2.58. The maximum Gasteiger partial charge on any atom is 0.315 e. The monoisotopic (exact) mass is 372 g/mol. The van der Waals surface area contributed by atoms with Gasteiger partial charge in [0.25, 0.3) is 0 Å². The van der Waals surface area contributed by atoms with Gasteiger partial charge in [0.15, 0.2) is 5.75 Å². The largest absolute Gasteiger partial charge is 0.465 e. The van der Waals surface area contributed by atoms with E-state index in [9.17, 15) is 9.59 Å². The molecule has 24 heavy (non-hydrogen) atoms. The van der Waals surface area contributed by atoms with Crippen LogP contribution in [-0.4, -0.2) is 18.5 Å². The fourth-order valence-corrected chi connectivity index (χ4v) is 3.18. The number of benzene rings is 1. The molecule has 0 aliphatic heterocycles. The first-order valence-electron chi connectivity index (χ1n) is 8.36. The van der Waals surface area contributed by atoms with Gasteiger partial charge in [0.1, 0.15) is 0 Å². The molecule has 132 valence electrons. The van der Waals surface area contributed by atoms with Crippen molar-refractivity contribution in [2.45, 2.75) is 45.4 Å². The van der Waals surface area contributed by atoms with Crippen LogP contribution in [0.3, 0.4) is 0 Å². The number of halogens is 2. The molecule has 0 bridgehead atoms. The Morgan fingerprint density at radius 1 is 1.12 bits per heavy atom. The molecular formula is C18H22Cl2O4. The number of hydrogen-bond acceptors (Lipinski definition) is 4. The van der Waals surface area contributed by atoms with Crippen LogP contribution in [0.4, 0.5) is 0 Å². The van der Waals surface area contributed by atoms with Crippen LogP contribution < -0.4 is 4.74 Å². The van der Waals surface area contributed by atoms with Crippen LogP contribution in [0.2, 0.25) is 10.0 Å². The molecule has 2 rings (SSSR count). The van der Waals surface area contributed by atoms with Crippen LogP contribution in [-0.2, 0) is 14.3 Å². The van der Waals surface area contributed by atoms with Gasteiger partial charge in [0, 0.05) is 11.1 Å². The number of carbonyl (C=O) groups is 2. The van der Waals surface area contributed by atoms with Crippen molar-refractivity contribution < 1.29 is 19.1 Å². The predicted molar refractivity (Wildman–Crippen MR) is 93.4 cm³/mol. The normalized spacial score (nSPS) is 20.5. The van der Waals surface area contributed by atoms with Crippen LogP contribution in [0, 0.1) is 11.8 Å². The Morgan fingerprint density at radius 3 is 2.46 bits per heavy atom. The Labute approximate surface area is 152 Å². The zero-order valence-electron chi connectivity index (χ0n) is 13.7. The molecule has 2 atom stereocenters. The highest BCUT2D eigenvalue weighted by Crippen LogP contribution is 2.34. The van der Waals surface area contributed by atoms with Crippen molar-refractivity contribution in [3.05, 3.63) is 28.2 Å². The second-order valence-corrected chi connectivity index (χ2v) is 6.86. The van der Waals surface area contributed by atoms with Crippen molar-refractivity contribution in [1.82, 2.24) is 0 Å². The van der Waals surface area contributed by atoms with Gasteiger partial charge in [-0.15, -0.1) is 0 Å². The van der Waals surface area contributed by atoms with E-state index in [-0.39, 0.29) is 11.7 Å². The van der Waals surface area contributed by atoms with Crippen molar-refractivity contribution in [2.24, 2.45) is 11.8 Å². The van der Waals surface area contributed by atoms with Gasteiger partial charge in [-0.2, -0.15) is 0 Å². The Morgan fingerprint density at radius 2 is 1.79 bits per heavy atom. The van der Waals surface area contributed by atoms with Crippen LogP contribution in [0.1, 0.15) is 45.4 Å². The molecule has 1 aromatic carbocycles. The van der Waals surface area contributed by atoms with E-state index < -0.39 is 17.8 Å². The Bertz CT molecular complexity index is 588. The lowest BCUT2D eigenvalue weighted by Crippen LogP contribution is -2.36. The van der Waals surface area contributed by atoms with E-state index in [2.05, 4.69) is 0 Å².